The molecule has 24 heavy (non-hydrogen) atoms. The number of aromatic nitrogens is 3. The lowest BCUT2D eigenvalue weighted by molar-refractivity contribution is 0.116. The molecule has 122 valence electrons. The monoisotopic (exact) mass is 322 g/mol. The molecule has 4 rings (SSSR count). The lowest BCUT2D eigenvalue weighted by Crippen LogP contribution is -2.15. The van der Waals surface area contributed by atoms with Gasteiger partial charge in [-0.2, -0.15) is 0 Å². The molecule has 0 spiro atoms. The molecule has 6 nitrogen and oxygen atoms in total. The summed E-state index contributed by atoms with van der Waals surface area (Å²) in [5.41, 5.74) is 2.65. The van der Waals surface area contributed by atoms with Crippen molar-refractivity contribution in [1.29, 1.82) is 0 Å². The summed E-state index contributed by atoms with van der Waals surface area (Å²) in [6.07, 6.45) is 1.86. The first-order valence-corrected chi connectivity index (χ1v) is 7.95. The first-order valence-electron chi connectivity index (χ1n) is 7.95. The van der Waals surface area contributed by atoms with E-state index in [-0.39, 0.29) is 0 Å². The first-order chi connectivity index (χ1) is 11.8. The summed E-state index contributed by atoms with van der Waals surface area (Å²) in [6, 6.07) is 15.6. The number of anilines is 1. The lowest BCUT2D eigenvalue weighted by Gasteiger charge is -2.24. The van der Waals surface area contributed by atoms with E-state index in [1.165, 1.54) is 0 Å². The summed E-state index contributed by atoms with van der Waals surface area (Å²) >= 11 is 0. The average molecular weight is 322 g/mol. The number of aliphatic hydroxyl groups is 1. The number of nitrogens with one attached hydrogen (secondary N) is 1. The van der Waals surface area contributed by atoms with Gasteiger partial charge in [0.15, 0.2) is 5.82 Å². The van der Waals surface area contributed by atoms with E-state index in [1.54, 1.807) is 11.0 Å². The Bertz CT molecular complexity index is 832. The van der Waals surface area contributed by atoms with Gasteiger partial charge < -0.3 is 15.2 Å². The van der Waals surface area contributed by atoms with E-state index in [2.05, 4.69) is 15.4 Å². The Kier molecular flexibility index (Phi) is 3.88. The number of hydrogen-bond acceptors (Lipinski definition) is 5. The van der Waals surface area contributed by atoms with Crippen LogP contribution in [0, 0.1) is 0 Å². The number of benzene rings is 2. The highest BCUT2D eigenvalue weighted by molar-refractivity contribution is 5.61. The van der Waals surface area contributed by atoms with Gasteiger partial charge in [0.1, 0.15) is 12.1 Å². The Labute approximate surface area is 139 Å². The van der Waals surface area contributed by atoms with Gasteiger partial charge >= 0.3 is 0 Å². The maximum absolute atomic E-state index is 10.1. The maximum atomic E-state index is 10.1. The summed E-state index contributed by atoms with van der Waals surface area (Å²) in [5, 5.41) is 17.8. The zero-order valence-electron chi connectivity index (χ0n) is 13.1. The number of nitrogens with zero attached hydrogens (tertiary/aromatic N) is 3. The molecule has 1 aliphatic rings. The van der Waals surface area contributed by atoms with Gasteiger partial charge in [-0.1, -0.05) is 30.3 Å². The molecule has 0 bridgehead atoms. The largest absolute Gasteiger partial charge is 0.491 e. The van der Waals surface area contributed by atoms with Crippen LogP contribution in [0.5, 0.6) is 5.75 Å². The van der Waals surface area contributed by atoms with Gasteiger partial charge in [0.05, 0.1) is 30.6 Å². The Morgan fingerprint density at radius 2 is 2.04 bits per heavy atom. The van der Waals surface area contributed by atoms with E-state index in [0.29, 0.717) is 25.4 Å². The average Bonchev–Trinajstić information content (AvgIpc) is 3.10. The van der Waals surface area contributed by atoms with Crippen LogP contribution in [-0.2, 0) is 6.54 Å². The molecular formula is C18H18N4O2. The van der Waals surface area contributed by atoms with Gasteiger partial charge in [-0.15, -0.1) is 5.10 Å². The molecule has 2 heterocycles. The van der Waals surface area contributed by atoms with Crippen LogP contribution in [0.4, 0.5) is 5.69 Å². The molecule has 0 aliphatic carbocycles. The van der Waals surface area contributed by atoms with Crippen molar-refractivity contribution in [3.63, 3.8) is 0 Å². The third kappa shape index (κ3) is 2.83. The van der Waals surface area contributed by atoms with Crippen LogP contribution in [0.2, 0.25) is 0 Å². The van der Waals surface area contributed by atoms with Crippen molar-refractivity contribution >= 4 is 5.69 Å². The number of aliphatic hydroxyl groups excluding tert-OH is 1. The number of para-hydroxylation sites is 2. The minimum atomic E-state index is -0.467. The van der Waals surface area contributed by atoms with Crippen molar-refractivity contribution in [2.45, 2.75) is 19.1 Å². The van der Waals surface area contributed by atoms with E-state index in [9.17, 15) is 5.11 Å². The molecule has 1 atom stereocenters. The smallest absolute Gasteiger partial charge is 0.170 e. The van der Waals surface area contributed by atoms with Gasteiger partial charge in [-0.3, -0.25) is 0 Å². The number of ether oxygens (including phenoxy) is 1. The molecule has 3 aromatic rings. The molecule has 0 saturated carbocycles. The Hall–Kier alpha value is -2.86. The molecule has 0 saturated heterocycles. The molecule has 2 N–H and O–H groups in total. The van der Waals surface area contributed by atoms with Gasteiger partial charge in [-0.25, -0.2) is 9.67 Å². The molecule has 0 amide bonds. The van der Waals surface area contributed by atoms with Crippen molar-refractivity contribution in [2.24, 2.45) is 0 Å². The van der Waals surface area contributed by atoms with Crippen LogP contribution in [0.25, 0.3) is 5.69 Å². The van der Waals surface area contributed by atoms with Crippen LogP contribution in [0.15, 0.2) is 54.9 Å². The molecular weight excluding hydrogens is 304 g/mol. The van der Waals surface area contributed by atoms with Crippen molar-refractivity contribution in [3.05, 3.63) is 66.2 Å². The summed E-state index contributed by atoms with van der Waals surface area (Å²) in [4.78, 5) is 4.33. The van der Waals surface area contributed by atoms with E-state index in [0.717, 1.165) is 22.7 Å². The second-order valence-electron chi connectivity index (χ2n) is 5.67. The number of rotatable bonds is 4. The van der Waals surface area contributed by atoms with Crippen LogP contribution in [0.1, 0.15) is 23.9 Å². The topological polar surface area (TPSA) is 72.2 Å². The van der Waals surface area contributed by atoms with Crippen molar-refractivity contribution < 1.29 is 9.84 Å². The fourth-order valence-corrected chi connectivity index (χ4v) is 2.80. The molecule has 0 radical (unpaired) electrons. The molecule has 1 aromatic heterocycles. The third-order valence-corrected chi connectivity index (χ3v) is 4.04. The Morgan fingerprint density at radius 1 is 1.17 bits per heavy atom. The van der Waals surface area contributed by atoms with E-state index in [4.69, 9.17) is 4.74 Å². The van der Waals surface area contributed by atoms with E-state index < -0.39 is 6.10 Å². The van der Waals surface area contributed by atoms with Crippen LogP contribution in [0.3, 0.4) is 0 Å². The lowest BCUT2D eigenvalue weighted by atomic mass is 10.0. The summed E-state index contributed by atoms with van der Waals surface area (Å²) in [5.74, 6) is 1.41. The first kappa shape index (κ1) is 14.7. The molecule has 2 aromatic carbocycles. The fourth-order valence-electron chi connectivity index (χ4n) is 2.80. The fraction of sp³-hybridized carbons (Fsp3) is 0.222. The van der Waals surface area contributed by atoms with Gasteiger partial charge in [0.2, 0.25) is 0 Å². The highest BCUT2D eigenvalue weighted by atomic mass is 16.5. The quantitative estimate of drug-likeness (QED) is 0.773. The summed E-state index contributed by atoms with van der Waals surface area (Å²) in [6.45, 7) is 1.00. The second kappa shape index (κ2) is 6.33. The van der Waals surface area contributed by atoms with Crippen LogP contribution < -0.4 is 10.1 Å². The molecule has 1 aliphatic heterocycles. The maximum Gasteiger partial charge on any atom is 0.170 e. The number of hydrogen-bond donors (Lipinski definition) is 2. The molecule has 0 fully saturated rings. The van der Waals surface area contributed by atoms with E-state index in [1.807, 2.05) is 48.5 Å². The van der Waals surface area contributed by atoms with Crippen molar-refractivity contribution in [2.75, 3.05) is 11.9 Å². The van der Waals surface area contributed by atoms with Gasteiger partial charge in [0.25, 0.3) is 0 Å². The predicted octanol–water partition coefficient (Wildman–Crippen LogP) is 2.70. The van der Waals surface area contributed by atoms with Crippen molar-refractivity contribution in [3.8, 4) is 11.4 Å². The highest BCUT2D eigenvalue weighted by Gasteiger charge is 2.21. The second-order valence-corrected chi connectivity index (χ2v) is 5.67. The molecule has 6 heteroatoms. The summed E-state index contributed by atoms with van der Waals surface area (Å²) in [7, 11) is 0. The highest BCUT2D eigenvalue weighted by Crippen LogP contribution is 2.37. The summed E-state index contributed by atoms with van der Waals surface area (Å²) < 4.78 is 7.47. The zero-order chi connectivity index (χ0) is 16.4. The standard InChI is InChI=1S/C18H18N4O2/c23-16-9-10-24-18-14(16)7-4-8-15(18)19-11-17-20-12-22(21-17)13-5-2-1-3-6-13/h1-8,12,16,19,23H,9-11H2/t16-/m1/s1. The predicted molar refractivity (Wildman–Crippen MR) is 90.2 cm³/mol. The normalized spacial score (nSPS) is 16.3. The van der Waals surface area contributed by atoms with Gasteiger partial charge in [0, 0.05) is 12.0 Å². The van der Waals surface area contributed by atoms with E-state index >= 15 is 0 Å². The third-order valence-electron chi connectivity index (χ3n) is 4.04. The minimum Gasteiger partial charge on any atom is -0.491 e. The SMILES string of the molecule is O[C@@H]1CCOc2c(NCc3ncn(-c4ccccc4)n3)cccc21. The van der Waals surface area contributed by atoms with Crippen molar-refractivity contribution in [1.82, 2.24) is 14.8 Å². The van der Waals surface area contributed by atoms with Crippen LogP contribution in [-0.4, -0.2) is 26.5 Å². The van der Waals surface area contributed by atoms with Gasteiger partial charge in [-0.05, 0) is 18.2 Å². The Balaban J connectivity index is 1.50. The van der Waals surface area contributed by atoms with Crippen LogP contribution >= 0.6 is 0 Å². The number of fused-ring (bicyclic) bond motifs is 1. The minimum absolute atomic E-state index is 0.467. The zero-order valence-corrected chi connectivity index (χ0v) is 13.1. The molecule has 0 unspecified atom stereocenters. The Morgan fingerprint density at radius 3 is 2.92 bits per heavy atom.